The summed E-state index contributed by atoms with van der Waals surface area (Å²) in [5.74, 6) is -1.61. The summed E-state index contributed by atoms with van der Waals surface area (Å²) in [6, 6.07) is 0.168. The standard InChI is InChI=1S/C19H21F3N2O5S/c1-3-28-18(25)14-10(2)23-17-15(16(14)29-30(26,27)19(20,21)22)12-6-4-5-7-13(12)24(17)11-8-9-11/h11H,3-9H2,1-2H3. The maximum Gasteiger partial charge on any atom is 0.534 e. The van der Waals surface area contributed by atoms with E-state index in [1.54, 1.807) is 0 Å². The topological polar surface area (TPSA) is 87.5 Å². The van der Waals surface area contributed by atoms with Crippen molar-refractivity contribution in [3.63, 3.8) is 0 Å². The van der Waals surface area contributed by atoms with Gasteiger partial charge in [0.05, 0.1) is 17.7 Å². The second-order valence-electron chi connectivity index (χ2n) is 7.54. The van der Waals surface area contributed by atoms with Crippen molar-refractivity contribution in [2.24, 2.45) is 0 Å². The number of ether oxygens (including phenoxy) is 1. The van der Waals surface area contributed by atoms with E-state index < -0.39 is 32.9 Å². The minimum absolute atomic E-state index is 0.0387. The zero-order chi connectivity index (χ0) is 21.8. The summed E-state index contributed by atoms with van der Waals surface area (Å²) in [5, 5.41) is 0.165. The van der Waals surface area contributed by atoms with Gasteiger partial charge >= 0.3 is 21.6 Å². The number of hydrogen-bond acceptors (Lipinski definition) is 6. The maximum absolute atomic E-state index is 13.1. The molecule has 2 aliphatic rings. The first-order chi connectivity index (χ1) is 14.1. The summed E-state index contributed by atoms with van der Waals surface area (Å²) in [7, 11) is -6.00. The van der Waals surface area contributed by atoms with Crippen LogP contribution in [0.25, 0.3) is 11.0 Å². The summed E-state index contributed by atoms with van der Waals surface area (Å²) in [5.41, 5.74) is -3.97. The molecule has 30 heavy (non-hydrogen) atoms. The van der Waals surface area contributed by atoms with Gasteiger partial charge in [0.2, 0.25) is 0 Å². The molecular weight excluding hydrogens is 425 g/mol. The molecule has 11 heteroatoms. The average molecular weight is 446 g/mol. The van der Waals surface area contributed by atoms with E-state index in [-0.39, 0.29) is 23.7 Å². The van der Waals surface area contributed by atoms with Crippen LogP contribution >= 0.6 is 0 Å². The molecule has 0 spiro atoms. The zero-order valence-electron chi connectivity index (χ0n) is 16.5. The van der Waals surface area contributed by atoms with Crippen molar-refractivity contribution in [1.82, 2.24) is 9.55 Å². The van der Waals surface area contributed by atoms with Crippen molar-refractivity contribution < 1.29 is 35.3 Å². The van der Waals surface area contributed by atoms with Gasteiger partial charge in [0, 0.05) is 11.7 Å². The molecule has 0 bridgehead atoms. The molecule has 0 aromatic carbocycles. The van der Waals surface area contributed by atoms with Crippen molar-refractivity contribution in [2.45, 2.75) is 63.9 Å². The van der Waals surface area contributed by atoms with Crippen LogP contribution in [0.4, 0.5) is 13.2 Å². The third kappa shape index (κ3) is 3.32. The van der Waals surface area contributed by atoms with Gasteiger partial charge in [0.15, 0.2) is 5.75 Å². The van der Waals surface area contributed by atoms with E-state index in [9.17, 15) is 26.4 Å². The highest BCUT2D eigenvalue weighted by Crippen LogP contribution is 2.47. The van der Waals surface area contributed by atoms with Crippen LogP contribution in [0.2, 0.25) is 0 Å². The lowest BCUT2D eigenvalue weighted by atomic mass is 9.95. The van der Waals surface area contributed by atoms with Gasteiger partial charge in [0.25, 0.3) is 0 Å². The smallest absolute Gasteiger partial charge is 0.462 e. The van der Waals surface area contributed by atoms with Gasteiger partial charge in [-0.1, -0.05) is 0 Å². The molecular formula is C19H21F3N2O5S. The number of aryl methyl sites for hydroxylation is 2. The lowest BCUT2D eigenvalue weighted by Crippen LogP contribution is -2.29. The third-order valence-corrected chi connectivity index (χ3v) is 6.39. The second-order valence-corrected chi connectivity index (χ2v) is 9.07. The Morgan fingerprint density at radius 3 is 2.50 bits per heavy atom. The van der Waals surface area contributed by atoms with E-state index in [0.29, 0.717) is 24.1 Å². The number of pyridine rings is 1. The quantitative estimate of drug-likeness (QED) is 0.393. The Morgan fingerprint density at radius 2 is 1.90 bits per heavy atom. The van der Waals surface area contributed by atoms with Crippen LogP contribution in [0.15, 0.2) is 0 Å². The monoisotopic (exact) mass is 446 g/mol. The molecule has 1 fully saturated rings. The number of fused-ring (bicyclic) bond motifs is 3. The highest BCUT2D eigenvalue weighted by atomic mass is 32.2. The predicted molar refractivity (Wildman–Crippen MR) is 101 cm³/mol. The third-order valence-electron chi connectivity index (χ3n) is 5.44. The van der Waals surface area contributed by atoms with Crippen molar-refractivity contribution in [3.05, 3.63) is 22.5 Å². The number of esters is 1. The fraction of sp³-hybridized carbons (Fsp3) is 0.579. The van der Waals surface area contributed by atoms with Crippen LogP contribution in [-0.4, -0.2) is 36.1 Å². The summed E-state index contributed by atoms with van der Waals surface area (Å²) in [4.78, 5) is 17.1. The van der Waals surface area contributed by atoms with E-state index >= 15 is 0 Å². The first-order valence-corrected chi connectivity index (χ1v) is 11.2. The molecule has 2 aliphatic carbocycles. The second kappa shape index (κ2) is 7.14. The van der Waals surface area contributed by atoms with E-state index in [2.05, 4.69) is 9.17 Å². The number of halogens is 3. The zero-order valence-corrected chi connectivity index (χ0v) is 17.3. The Hall–Kier alpha value is -2.30. The maximum atomic E-state index is 13.1. The average Bonchev–Trinajstić information content (AvgIpc) is 3.42. The molecule has 0 radical (unpaired) electrons. The summed E-state index contributed by atoms with van der Waals surface area (Å²) in [6.07, 6.45) is 4.78. The summed E-state index contributed by atoms with van der Waals surface area (Å²) in [6.45, 7) is 2.93. The number of hydrogen-bond donors (Lipinski definition) is 0. The van der Waals surface area contributed by atoms with E-state index in [4.69, 9.17) is 4.74 Å². The van der Waals surface area contributed by atoms with Gasteiger partial charge in [-0.3, -0.25) is 0 Å². The molecule has 4 rings (SSSR count). The van der Waals surface area contributed by atoms with Crippen LogP contribution in [0.3, 0.4) is 0 Å². The number of rotatable bonds is 5. The first-order valence-electron chi connectivity index (χ1n) is 9.81. The van der Waals surface area contributed by atoms with Gasteiger partial charge in [-0.05, 0) is 57.9 Å². The van der Waals surface area contributed by atoms with Crippen molar-refractivity contribution in [2.75, 3.05) is 6.61 Å². The fourth-order valence-electron chi connectivity index (χ4n) is 4.07. The number of aromatic nitrogens is 2. The molecule has 0 saturated heterocycles. The van der Waals surface area contributed by atoms with Gasteiger partial charge < -0.3 is 13.5 Å². The normalized spacial score (nSPS) is 17.1. The Morgan fingerprint density at radius 1 is 1.23 bits per heavy atom. The highest BCUT2D eigenvalue weighted by Gasteiger charge is 2.50. The molecule has 0 N–H and O–H groups in total. The number of nitrogens with zero attached hydrogens (tertiary/aromatic N) is 2. The minimum atomic E-state index is -6.00. The Balaban J connectivity index is 2.06. The molecule has 0 amide bonds. The largest absolute Gasteiger partial charge is 0.534 e. The van der Waals surface area contributed by atoms with E-state index in [0.717, 1.165) is 31.4 Å². The minimum Gasteiger partial charge on any atom is -0.462 e. The molecule has 0 aliphatic heterocycles. The van der Waals surface area contributed by atoms with Crippen molar-refractivity contribution in [1.29, 1.82) is 0 Å². The number of carbonyl (C=O) groups excluding carboxylic acids is 1. The summed E-state index contributed by atoms with van der Waals surface area (Å²) >= 11 is 0. The molecule has 0 unspecified atom stereocenters. The first kappa shape index (κ1) is 21.0. The van der Waals surface area contributed by atoms with E-state index in [1.165, 1.54) is 13.8 Å². The van der Waals surface area contributed by atoms with Crippen molar-refractivity contribution in [3.8, 4) is 5.75 Å². The molecule has 164 valence electrons. The number of alkyl halides is 3. The van der Waals surface area contributed by atoms with Crippen molar-refractivity contribution >= 4 is 27.1 Å². The molecule has 1 saturated carbocycles. The van der Waals surface area contributed by atoms with Crippen LogP contribution in [-0.2, 0) is 27.7 Å². The molecule has 2 aromatic rings. The Bertz CT molecular complexity index is 1130. The predicted octanol–water partition coefficient (Wildman–Crippen LogP) is 3.96. The lowest BCUT2D eigenvalue weighted by molar-refractivity contribution is -0.0500. The van der Waals surface area contributed by atoms with Gasteiger partial charge in [-0.2, -0.15) is 21.6 Å². The van der Waals surface area contributed by atoms with Gasteiger partial charge in [-0.25, -0.2) is 9.78 Å². The molecule has 2 aromatic heterocycles. The lowest BCUT2D eigenvalue weighted by Gasteiger charge is -2.16. The number of carbonyl (C=O) groups is 1. The van der Waals surface area contributed by atoms with Gasteiger partial charge in [0.1, 0.15) is 11.2 Å². The Kier molecular flexibility index (Phi) is 4.99. The molecule has 0 atom stereocenters. The van der Waals surface area contributed by atoms with Crippen LogP contribution in [0.5, 0.6) is 5.75 Å². The molecule has 2 heterocycles. The van der Waals surface area contributed by atoms with E-state index in [1.807, 2.05) is 4.57 Å². The van der Waals surface area contributed by atoms with Gasteiger partial charge in [-0.15, -0.1) is 0 Å². The van der Waals surface area contributed by atoms with Crippen LogP contribution in [0.1, 0.15) is 66.0 Å². The van der Waals surface area contributed by atoms with Crippen LogP contribution < -0.4 is 4.18 Å². The Labute approximate surface area is 171 Å². The van der Waals surface area contributed by atoms with Crippen LogP contribution in [0, 0.1) is 6.92 Å². The SMILES string of the molecule is CCOC(=O)c1c(C)nc2c(c3c(n2C2CC2)CCCC3)c1OS(=O)(=O)C(F)(F)F. The summed E-state index contributed by atoms with van der Waals surface area (Å²) < 4.78 is 74.8. The molecule has 7 nitrogen and oxygen atoms in total. The fourth-order valence-corrected chi connectivity index (χ4v) is 4.55. The highest BCUT2D eigenvalue weighted by molar-refractivity contribution is 7.88.